The molecule has 8 nitrogen and oxygen atoms in total. The molecule has 2 aliphatic rings. The molecule has 3 rings (SSSR count). The Morgan fingerprint density at radius 1 is 1.27 bits per heavy atom. The van der Waals surface area contributed by atoms with Gasteiger partial charge < -0.3 is 19.7 Å². The fraction of sp³-hybridized carbons (Fsp3) is 0.667. The standard InChI is InChI=1S/C21H34N4O4S/c1-4-22-21(23-16-19-15-18-7-5-6-8-20(18)29-19)24-9-11-25(12-10-24)30(26,27)14-13-28-17(2)3/h5-8,17,19H,4,9-16H2,1-3H3,(H,22,23). The van der Waals surface area contributed by atoms with Crippen molar-refractivity contribution >= 4 is 16.0 Å². The first-order chi connectivity index (χ1) is 14.4. The van der Waals surface area contributed by atoms with Gasteiger partial charge in [0.2, 0.25) is 10.0 Å². The summed E-state index contributed by atoms with van der Waals surface area (Å²) in [5.74, 6) is 1.79. The van der Waals surface area contributed by atoms with E-state index in [1.807, 2.05) is 39.0 Å². The molecule has 30 heavy (non-hydrogen) atoms. The summed E-state index contributed by atoms with van der Waals surface area (Å²) < 4.78 is 38.0. The predicted molar refractivity (Wildman–Crippen MR) is 119 cm³/mol. The lowest BCUT2D eigenvalue weighted by atomic mass is 10.1. The van der Waals surface area contributed by atoms with Crippen LogP contribution in [-0.2, 0) is 21.2 Å². The van der Waals surface area contributed by atoms with Crippen molar-refractivity contribution in [3.8, 4) is 5.75 Å². The van der Waals surface area contributed by atoms with Crippen LogP contribution in [0.4, 0.5) is 0 Å². The number of hydrogen-bond acceptors (Lipinski definition) is 5. The predicted octanol–water partition coefficient (Wildman–Crippen LogP) is 1.33. The SMILES string of the molecule is CCNC(=NCC1Cc2ccccc2O1)N1CCN(S(=O)(=O)CCOC(C)C)CC1. The van der Waals surface area contributed by atoms with Crippen LogP contribution in [0.1, 0.15) is 26.3 Å². The summed E-state index contributed by atoms with van der Waals surface area (Å²) in [5, 5.41) is 3.33. The van der Waals surface area contributed by atoms with Gasteiger partial charge in [0.1, 0.15) is 11.9 Å². The smallest absolute Gasteiger partial charge is 0.216 e. The van der Waals surface area contributed by atoms with Gasteiger partial charge in [0.05, 0.1) is 25.0 Å². The maximum Gasteiger partial charge on any atom is 0.216 e. The highest BCUT2D eigenvalue weighted by atomic mass is 32.2. The molecule has 0 radical (unpaired) electrons. The van der Waals surface area contributed by atoms with Crippen LogP contribution in [0.3, 0.4) is 0 Å². The van der Waals surface area contributed by atoms with Crippen LogP contribution in [0.15, 0.2) is 29.3 Å². The molecule has 0 aliphatic carbocycles. The number of hydrogen-bond donors (Lipinski definition) is 1. The lowest BCUT2D eigenvalue weighted by Gasteiger charge is -2.36. The number of guanidine groups is 1. The van der Waals surface area contributed by atoms with E-state index in [1.165, 1.54) is 5.56 Å². The average molecular weight is 439 g/mol. The highest BCUT2D eigenvalue weighted by Gasteiger charge is 2.28. The Kier molecular flexibility index (Phi) is 7.96. The second-order valence-electron chi connectivity index (χ2n) is 7.87. The Labute approximate surface area is 180 Å². The molecule has 0 amide bonds. The molecule has 1 aromatic rings. The number of ether oxygens (including phenoxy) is 2. The molecule has 9 heteroatoms. The zero-order valence-electron chi connectivity index (χ0n) is 18.2. The van der Waals surface area contributed by atoms with Crippen molar-refractivity contribution in [2.75, 3.05) is 51.6 Å². The van der Waals surface area contributed by atoms with Gasteiger partial charge in [0, 0.05) is 39.1 Å². The van der Waals surface area contributed by atoms with E-state index in [9.17, 15) is 8.42 Å². The Morgan fingerprint density at radius 3 is 2.67 bits per heavy atom. The Balaban J connectivity index is 1.52. The summed E-state index contributed by atoms with van der Waals surface area (Å²) in [6.45, 7) is 9.55. The maximum atomic E-state index is 12.5. The van der Waals surface area contributed by atoms with E-state index in [0.717, 1.165) is 24.7 Å². The quantitative estimate of drug-likeness (QED) is 0.487. The second-order valence-corrected chi connectivity index (χ2v) is 9.96. The van der Waals surface area contributed by atoms with Crippen LogP contribution in [0.5, 0.6) is 5.75 Å². The van der Waals surface area contributed by atoms with Gasteiger partial charge in [0.25, 0.3) is 0 Å². The molecule has 168 valence electrons. The van der Waals surface area contributed by atoms with Gasteiger partial charge >= 0.3 is 0 Å². The fourth-order valence-corrected chi connectivity index (χ4v) is 4.95. The topological polar surface area (TPSA) is 83.5 Å². The van der Waals surface area contributed by atoms with E-state index in [2.05, 4.69) is 16.3 Å². The molecule has 0 bridgehead atoms. The summed E-state index contributed by atoms with van der Waals surface area (Å²) >= 11 is 0. The van der Waals surface area contributed by atoms with Gasteiger partial charge in [-0.25, -0.2) is 13.4 Å². The van der Waals surface area contributed by atoms with Crippen LogP contribution in [0.25, 0.3) is 0 Å². The van der Waals surface area contributed by atoms with Gasteiger partial charge in [-0.05, 0) is 32.4 Å². The molecule has 0 spiro atoms. The normalized spacial score (nSPS) is 20.3. The van der Waals surface area contributed by atoms with E-state index in [4.69, 9.17) is 14.5 Å². The number of rotatable bonds is 8. The number of sulfonamides is 1. The molecule has 1 aromatic carbocycles. The zero-order chi connectivity index (χ0) is 21.6. The summed E-state index contributed by atoms with van der Waals surface area (Å²) in [4.78, 5) is 6.90. The molecule has 0 aromatic heterocycles. The van der Waals surface area contributed by atoms with E-state index < -0.39 is 10.0 Å². The highest BCUT2D eigenvalue weighted by Crippen LogP contribution is 2.28. The van der Waals surface area contributed by atoms with Gasteiger partial charge in [-0.15, -0.1) is 0 Å². The molecular weight excluding hydrogens is 404 g/mol. The molecule has 1 N–H and O–H groups in total. The molecule has 2 aliphatic heterocycles. The second kappa shape index (κ2) is 10.5. The first-order valence-corrected chi connectivity index (χ1v) is 12.4. The number of piperazine rings is 1. The van der Waals surface area contributed by atoms with E-state index >= 15 is 0 Å². The van der Waals surface area contributed by atoms with Gasteiger partial charge in [-0.1, -0.05) is 18.2 Å². The lowest BCUT2D eigenvalue weighted by molar-refractivity contribution is 0.0904. The first-order valence-electron chi connectivity index (χ1n) is 10.8. The Morgan fingerprint density at radius 2 is 2.00 bits per heavy atom. The Hall–Kier alpha value is -1.84. The molecule has 1 atom stereocenters. The van der Waals surface area contributed by atoms with Crippen molar-refractivity contribution in [3.05, 3.63) is 29.8 Å². The molecule has 1 unspecified atom stereocenters. The van der Waals surface area contributed by atoms with Gasteiger partial charge in [-0.2, -0.15) is 4.31 Å². The van der Waals surface area contributed by atoms with Crippen LogP contribution in [0.2, 0.25) is 0 Å². The molecule has 1 saturated heterocycles. The van der Waals surface area contributed by atoms with Crippen molar-refractivity contribution in [3.63, 3.8) is 0 Å². The number of benzene rings is 1. The minimum atomic E-state index is -3.30. The minimum absolute atomic E-state index is 0.0267. The van der Waals surface area contributed by atoms with Crippen molar-refractivity contribution < 1.29 is 17.9 Å². The monoisotopic (exact) mass is 438 g/mol. The molecule has 2 heterocycles. The summed E-state index contributed by atoms with van der Waals surface area (Å²) in [6, 6.07) is 8.10. The highest BCUT2D eigenvalue weighted by molar-refractivity contribution is 7.89. The van der Waals surface area contributed by atoms with Gasteiger partial charge in [0.15, 0.2) is 5.96 Å². The summed E-state index contributed by atoms with van der Waals surface area (Å²) in [6.07, 6.45) is 0.940. The number of fused-ring (bicyclic) bond motifs is 1. The zero-order valence-corrected chi connectivity index (χ0v) is 19.0. The number of nitrogens with one attached hydrogen (secondary N) is 1. The van der Waals surface area contributed by atoms with Crippen LogP contribution < -0.4 is 10.1 Å². The number of aliphatic imine (C=N–C) groups is 1. The largest absolute Gasteiger partial charge is 0.488 e. The lowest BCUT2D eigenvalue weighted by Crippen LogP contribution is -2.54. The fourth-order valence-electron chi connectivity index (χ4n) is 3.67. The average Bonchev–Trinajstić information content (AvgIpc) is 3.14. The Bertz CT molecular complexity index is 795. The van der Waals surface area contributed by atoms with Crippen LogP contribution >= 0.6 is 0 Å². The van der Waals surface area contributed by atoms with E-state index in [1.54, 1.807) is 4.31 Å². The minimum Gasteiger partial charge on any atom is -0.488 e. The van der Waals surface area contributed by atoms with Crippen LogP contribution in [-0.4, -0.2) is 87.4 Å². The van der Waals surface area contributed by atoms with Crippen molar-refractivity contribution in [1.29, 1.82) is 0 Å². The summed E-state index contributed by atoms with van der Waals surface area (Å²) in [7, 11) is -3.30. The van der Waals surface area contributed by atoms with Crippen molar-refractivity contribution in [1.82, 2.24) is 14.5 Å². The van der Waals surface area contributed by atoms with Crippen LogP contribution in [0, 0.1) is 0 Å². The third-order valence-corrected chi connectivity index (χ3v) is 7.05. The molecular formula is C21H34N4O4S. The third-order valence-electron chi connectivity index (χ3n) is 5.22. The van der Waals surface area contributed by atoms with E-state index in [0.29, 0.717) is 32.7 Å². The molecule has 0 saturated carbocycles. The van der Waals surface area contributed by atoms with Crippen molar-refractivity contribution in [2.24, 2.45) is 4.99 Å². The third kappa shape index (κ3) is 6.09. The molecule has 1 fully saturated rings. The number of para-hydroxylation sites is 1. The first kappa shape index (κ1) is 22.8. The number of nitrogens with zero attached hydrogens (tertiary/aromatic N) is 3. The van der Waals surface area contributed by atoms with Crippen molar-refractivity contribution in [2.45, 2.75) is 39.4 Å². The summed E-state index contributed by atoms with van der Waals surface area (Å²) in [5.41, 5.74) is 1.22. The van der Waals surface area contributed by atoms with Gasteiger partial charge in [-0.3, -0.25) is 0 Å². The van der Waals surface area contributed by atoms with E-state index in [-0.39, 0.29) is 24.6 Å². The maximum absolute atomic E-state index is 12.5.